The summed E-state index contributed by atoms with van der Waals surface area (Å²) >= 11 is 0. The number of ether oxygens (including phenoxy) is 1. The molecule has 0 spiro atoms. The Morgan fingerprint density at radius 1 is 1.21 bits per heavy atom. The molecule has 19 heavy (non-hydrogen) atoms. The second kappa shape index (κ2) is 6.24. The van der Waals surface area contributed by atoms with Crippen molar-refractivity contribution < 1.29 is 29.2 Å². The van der Waals surface area contributed by atoms with Gasteiger partial charge in [-0.25, -0.2) is 4.79 Å². The zero-order valence-corrected chi connectivity index (χ0v) is 9.57. The van der Waals surface area contributed by atoms with Gasteiger partial charge < -0.3 is 9.84 Å². The molecule has 0 unspecified atom stereocenters. The van der Waals surface area contributed by atoms with Gasteiger partial charge in [0, 0.05) is 12.1 Å². The standard InChI is InChI=1S/C11H9NO7/c13-9(5-10(14)15)6-19-11(16)7-1-3-8(4-2-7)12(17)18/h1-4H,5-6H2,(H,14,15). The molecule has 100 valence electrons. The molecule has 1 N–H and O–H groups in total. The van der Waals surface area contributed by atoms with Crippen molar-refractivity contribution in [3.8, 4) is 0 Å². The van der Waals surface area contributed by atoms with Crippen LogP contribution in [0.4, 0.5) is 5.69 Å². The fraction of sp³-hybridized carbons (Fsp3) is 0.182. The minimum Gasteiger partial charge on any atom is -0.481 e. The van der Waals surface area contributed by atoms with Gasteiger partial charge in [0.15, 0.2) is 12.4 Å². The summed E-state index contributed by atoms with van der Waals surface area (Å²) in [5.41, 5.74) is -0.146. The van der Waals surface area contributed by atoms with Crippen molar-refractivity contribution in [3.63, 3.8) is 0 Å². The zero-order chi connectivity index (χ0) is 14.4. The van der Waals surface area contributed by atoms with Crippen molar-refractivity contribution in [3.05, 3.63) is 39.9 Å². The first-order valence-corrected chi connectivity index (χ1v) is 5.05. The number of rotatable bonds is 6. The van der Waals surface area contributed by atoms with Crippen LogP contribution in [0.5, 0.6) is 0 Å². The van der Waals surface area contributed by atoms with Crippen LogP contribution < -0.4 is 0 Å². The maximum absolute atomic E-state index is 11.4. The summed E-state index contributed by atoms with van der Waals surface area (Å²) in [4.78, 5) is 42.4. The van der Waals surface area contributed by atoms with E-state index in [9.17, 15) is 24.5 Å². The number of esters is 1. The van der Waals surface area contributed by atoms with E-state index in [1.165, 1.54) is 12.1 Å². The molecular weight excluding hydrogens is 258 g/mol. The number of hydrogen-bond donors (Lipinski definition) is 1. The summed E-state index contributed by atoms with van der Waals surface area (Å²) in [6.45, 7) is -0.651. The minimum atomic E-state index is -1.31. The molecule has 0 aliphatic rings. The monoisotopic (exact) mass is 267 g/mol. The molecule has 0 bridgehead atoms. The number of nitro benzene ring substituents is 1. The van der Waals surface area contributed by atoms with E-state index in [0.717, 1.165) is 12.1 Å². The van der Waals surface area contributed by atoms with Crippen LogP contribution in [0.25, 0.3) is 0 Å². The van der Waals surface area contributed by atoms with E-state index >= 15 is 0 Å². The van der Waals surface area contributed by atoms with Crippen molar-refractivity contribution in [1.82, 2.24) is 0 Å². The maximum atomic E-state index is 11.4. The van der Waals surface area contributed by atoms with Gasteiger partial charge in [-0.1, -0.05) is 0 Å². The van der Waals surface area contributed by atoms with Crippen molar-refractivity contribution in [2.45, 2.75) is 6.42 Å². The molecule has 0 aliphatic heterocycles. The van der Waals surface area contributed by atoms with Crippen LogP contribution in [0.3, 0.4) is 0 Å². The Morgan fingerprint density at radius 2 is 1.79 bits per heavy atom. The Balaban J connectivity index is 2.56. The van der Waals surface area contributed by atoms with Crippen LogP contribution in [-0.2, 0) is 14.3 Å². The number of carbonyl (C=O) groups is 3. The minimum absolute atomic E-state index is 0.0359. The summed E-state index contributed by atoms with van der Waals surface area (Å²) in [7, 11) is 0. The molecule has 0 amide bonds. The van der Waals surface area contributed by atoms with Gasteiger partial charge in [0.1, 0.15) is 6.42 Å². The van der Waals surface area contributed by atoms with E-state index in [0.29, 0.717) is 0 Å². The molecule has 8 nitrogen and oxygen atoms in total. The average Bonchev–Trinajstić information content (AvgIpc) is 2.35. The third-order valence-electron chi connectivity index (χ3n) is 2.03. The first-order chi connectivity index (χ1) is 8.90. The van der Waals surface area contributed by atoms with E-state index in [-0.39, 0.29) is 11.3 Å². The smallest absolute Gasteiger partial charge is 0.338 e. The number of benzene rings is 1. The number of aliphatic carboxylic acids is 1. The van der Waals surface area contributed by atoms with E-state index in [2.05, 4.69) is 4.74 Å². The molecule has 1 aromatic rings. The highest BCUT2D eigenvalue weighted by Crippen LogP contribution is 2.12. The summed E-state index contributed by atoms with van der Waals surface area (Å²) in [5, 5.41) is 18.7. The average molecular weight is 267 g/mol. The lowest BCUT2D eigenvalue weighted by atomic mass is 10.2. The second-order valence-electron chi connectivity index (χ2n) is 3.49. The van der Waals surface area contributed by atoms with Crippen LogP contribution in [-0.4, -0.2) is 34.4 Å². The van der Waals surface area contributed by atoms with E-state index < -0.39 is 35.7 Å². The Labute approximate surface area is 106 Å². The van der Waals surface area contributed by atoms with Crippen molar-refractivity contribution in [1.29, 1.82) is 0 Å². The SMILES string of the molecule is O=C(O)CC(=O)COC(=O)c1ccc([N+](=O)[O-])cc1. The van der Waals surface area contributed by atoms with Crippen molar-refractivity contribution in [2.75, 3.05) is 6.61 Å². The molecule has 0 radical (unpaired) electrons. The number of carbonyl (C=O) groups excluding carboxylic acids is 2. The summed E-state index contributed by atoms with van der Waals surface area (Å²) in [6.07, 6.45) is -0.729. The number of ketones is 1. The molecular formula is C11H9NO7. The number of nitro groups is 1. The first-order valence-electron chi connectivity index (χ1n) is 5.05. The lowest BCUT2D eigenvalue weighted by Crippen LogP contribution is -2.16. The molecule has 0 saturated carbocycles. The molecule has 0 atom stereocenters. The summed E-state index contributed by atoms with van der Waals surface area (Å²) < 4.78 is 4.57. The molecule has 0 aliphatic carbocycles. The van der Waals surface area contributed by atoms with Gasteiger partial charge in [0.2, 0.25) is 0 Å². The molecule has 0 fully saturated rings. The summed E-state index contributed by atoms with van der Waals surface area (Å²) in [5.74, 6) is -2.91. The zero-order valence-electron chi connectivity index (χ0n) is 9.57. The van der Waals surface area contributed by atoms with E-state index in [1.54, 1.807) is 0 Å². The maximum Gasteiger partial charge on any atom is 0.338 e. The third kappa shape index (κ3) is 4.54. The first kappa shape index (κ1) is 14.3. The fourth-order valence-corrected chi connectivity index (χ4v) is 1.17. The molecule has 0 heterocycles. The number of nitrogens with zero attached hydrogens (tertiary/aromatic N) is 1. The van der Waals surface area contributed by atoms with Gasteiger partial charge in [0.05, 0.1) is 10.5 Å². The van der Waals surface area contributed by atoms with Gasteiger partial charge in [-0.15, -0.1) is 0 Å². The number of Topliss-reactive ketones (excluding diaryl/α,β-unsaturated/α-hetero) is 1. The van der Waals surface area contributed by atoms with Crippen molar-refractivity contribution >= 4 is 23.4 Å². The molecule has 1 aromatic carbocycles. The van der Waals surface area contributed by atoms with Gasteiger partial charge in [-0.3, -0.25) is 19.7 Å². The number of carboxylic acid groups (broad SMARTS) is 1. The molecule has 8 heteroatoms. The summed E-state index contributed by atoms with van der Waals surface area (Å²) in [6, 6.07) is 4.61. The lowest BCUT2D eigenvalue weighted by molar-refractivity contribution is -0.384. The number of non-ortho nitro benzene ring substituents is 1. The highest BCUT2D eigenvalue weighted by atomic mass is 16.6. The fourth-order valence-electron chi connectivity index (χ4n) is 1.17. The van der Waals surface area contributed by atoms with Crippen LogP contribution >= 0.6 is 0 Å². The highest BCUT2D eigenvalue weighted by Gasteiger charge is 2.14. The van der Waals surface area contributed by atoms with Crippen LogP contribution in [0.1, 0.15) is 16.8 Å². The highest BCUT2D eigenvalue weighted by molar-refractivity contribution is 5.97. The van der Waals surface area contributed by atoms with Crippen LogP contribution in [0, 0.1) is 10.1 Å². The Morgan fingerprint density at radius 3 is 2.26 bits per heavy atom. The second-order valence-corrected chi connectivity index (χ2v) is 3.49. The molecule has 1 rings (SSSR count). The quantitative estimate of drug-likeness (QED) is 0.349. The van der Waals surface area contributed by atoms with Gasteiger partial charge >= 0.3 is 11.9 Å². The predicted octanol–water partition coefficient (Wildman–Crippen LogP) is 0.795. The van der Waals surface area contributed by atoms with E-state index in [4.69, 9.17) is 5.11 Å². The third-order valence-corrected chi connectivity index (χ3v) is 2.03. The van der Waals surface area contributed by atoms with Crippen LogP contribution in [0.15, 0.2) is 24.3 Å². The Hall–Kier alpha value is -2.77. The van der Waals surface area contributed by atoms with Gasteiger partial charge in [-0.05, 0) is 12.1 Å². The number of carboxylic acids is 1. The Bertz CT molecular complexity index is 520. The largest absolute Gasteiger partial charge is 0.481 e. The molecule has 0 saturated heterocycles. The normalized spacial score (nSPS) is 9.68. The van der Waals surface area contributed by atoms with Crippen molar-refractivity contribution in [2.24, 2.45) is 0 Å². The molecule has 0 aromatic heterocycles. The van der Waals surface area contributed by atoms with Crippen LogP contribution in [0.2, 0.25) is 0 Å². The lowest BCUT2D eigenvalue weighted by Gasteiger charge is -2.02. The predicted molar refractivity (Wildman–Crippen MR) is 60.6 cm³/mol. The van der Waals surface area contributed by atoms with Gasteiger partial charge in [-0.2, -0.15) is 0 Å². The van der Waals surface area contributed by atoms with Gasteiger partial charge in [0.25, 0.3) is 5.69 Å². The number of hydrogen-bond acceptors (Lipinski definition) is 6. The van der Waals surface area contributed by atoms with E-state index in [1.807, 2.05) is 0 Å². The topological polar surface area (TPSA) is 124 Å². The Kier molecular flexibility index (Phi) is 4.69.